The second-order valence-electron chi connectivity index (χ2n) is 1.79. The molecule has 5 heteroatoms. The molecule has 0 saturated carbocycles. The van der Waals surface area contributed by atoms with Gasteiger partial charge >= 0.3 is 5.97 Å². The van der Waals surface area contributed by atoms with Gasteiger partial charge in [0.25, 0.3) is 0 Å². The molecule has 1 rings (SSSR count). The van der Waals surface area contributed by atoms with Gasteiger partial charge in [0.1, 0.15) is 5.69 Å². The number of halogens is 1. The fraction of sp³-hybridized carbons (Fsp3) is 0. The normalized spacial score (nSPS) is 9.18. The number of aromatic amines is 1. The van der Waals surface area contributed by atoms with Crippen LogP contribution in [-0.2, 0) is 4.94 Å². The highest BCUT2D eigenvalue weighted by molar-refractivity contribution is 5.86. The number of aromatic nitrogens is 1. The molecular formula is C6H4FNO3. The van der Waals surface area contributed by atoms with E-state index in [0.29, 0.717) is 0 Å². The summed E-state index contributed by atoms with van der Waals surface area (Å²) in [7, 11) is 0. The number of nitrogens with one attached hydrogen (secondary N) is 1. The Bertz CT molecular complexity index is 320. The molecule has 0 aromatic carbocycles. The summed E-state index contributed by atoms with van der Waals surface area (Å²) in [6, 6.07) is 3.77. The Morgan fingerprint density at radius 3 is 2.82 bits per heavy atom. The molecule has 0 bridgehead atoms. The van der Waals surface area contributed by atoms with Crippen molar-refractivity contribution in [2.24, 2.45) is 0 Å². The van der Waals surface area contributed by atoms with Gasteiger partial charge in [-0.1, -0.05) is 6.07 Å². The molecule has 1 aromatic rings. The molecule has 0 aliphatic carbocycles. The molecule has 1 N–H and O–H groups in total. The summed E-state index contributed by atoms with van der Waals surface area (Å²) in [6.45, 7) is 0. The Labute approximate surface area is 60.5 Å². The number of carbonyl (C=O) groups excluding carboxylic acids is 1. The molecule has 0 amide bonds. The molecule has 0 fully saturated rings. The molecule has 0 aliphatic heterocycles. The molecule has 0 unspecified atom stereocenters. The van der Waals surface area contributed by atoms with Crippen LogP contribution >= 0.6 is 0 Å². The maximum atomic E-state index is 11.2. The van der Waals surface area contributed by atoms with Crippen LogP contribution in [0.2, 0.25) is 0 Å². The quantitative estimate of drug-likeness (QED) is 0.642. The number of pyridine rings is 1. The van der Waals surface area contributed by atoms with Crippen molar-refractivity contribution in [1.29, 1.82) is 0 Å². The number of carbonyl (C=O) groups is 1. The predicted octanol–water partition coefficient (Wildman–Crippen LogP) is 0.416. The molecule has 4 nitrogen and oxygen atoms in total. The minimum Gasteiger partial charge on any atom is -0.316 e. The molecule has 0 aliphatic rings. The second-order valence-corrected chi connectivity index (χ2v) is 1.79. The molecule has 11 heavy (non-hydrogen) atoms. The standard InChI is InChI=1S/C6H4FNO3/c7-11-6(10)4-2-1-3-5(9)8-4/h1-3H,(H,8,9). The second kappa shape index (κ2) is 2.96. The van der Waals surface area contributed by atoms with Crippen LogP contribution in [0, 0.1) is 0 Å². The van der Waals surface area contributed by atoms with Crippen LogP contribution in [0.1, 0.15) is 10.5 Å². The van der Waals surface area contributed by atoms with Crippen molar-refractivity contribution < 1.29 is 14.3 Å². The van der Waals surface area contributed by atoms with Gasteiger partial charge in [-0.15, -0.1) is 0 Å². The van der Waals surface area contributed by atoms with Crippen molar-refractivity contribution in [1.82, 2.24) is 4.98 Å². The van der Waals surface area contributed by atoms with Gasteiger partial charge in [-0.2, -0.15) is 0 Å². The lowest BCUT2D eigenvalue weighted by Gasteiger charge is -1.91. The fourth-order valence-electron chi connectivity index (χ4n) is 0.608. The first kappa shape index (κ1) is 7.46. The van der Waals surface area contributed by atoms with Gasteiger partial charge in [0, 0.05) is 10.6 Å². The lowest BCUT2D eigenvalue weighted by Crippen LogP contribution is -2.11. The fourth-order valence-corrected chi connectivity index (χ4v) is 0.608. The lowest BCUT2D eigenvalue weighted by atomic mass is 10.4. The largest absolute Gasteiger partial charge is 0.395 e. The van der Waals surface area contributed by atoms with E-state index in [2.05, 4.69) is 9.93 Å². The summed E-state index contributed by atoms with van der Waals surface area (Å²) < 4.78 is 11.2. The van der Waals surface area contributed by atoms with E-state index in [9.17, 15) is 14.1 Å². The van der Waals surface area contributed by atoms with Crippen molar-refractivity contribution in [3.8, 4) is 0 Å². The first-order chi connectivity index (χ1) is 5.24. The van der Waals surface area contributed by atoms with Crippen molar-refractivity contribution >= 4 is 5.97 Å². The molecule has 0 radical (unpaired) electrons. The summed E-state index contributed by atoms with van der Waals surface area (Å²) in [6.07, 6.45) is 0. The number of hydrogen-bond acceptors (Lipinski definition) is 3. The molecular weight excluding hydrogens is 153 g/mol. The first-order valence-electron chi connectivity index (χ1n) is 2.76. The zero-order chi connectivity index (χ0) is 8.27. The van der Waals surface area contributed by atoms with E-state index in [1.165, 1.54) is 18.2 Å². The van der Waals surface area contributed by atoms with E-state index < -0.39 is 11.5 Å². The molecule has 1 heterocycles. The molecule has 0 saturated heterocycles. The van der Waals surface area contributed by atoms with Crippen molar-refractivity contribution in [3.05, 3.63) is 34.2 Å². The van der Waals surface area contributed by atoms with Gasteiger partial charge in [-0.05, 0) is 6.07 Å². The Hall–Kier alpha value is -1.65. The van der Waals surface area contributed by atoms with Gasteiger partial charge in [-0.25, -0.2) is 9.74 Å². The van der Waals surface area contributed by atoms with Gasteiger partial charge in [0.15, 0.2) is 0 Å². The summed E-state index contributed by atoms with van der Waals surface area (Å²) in [5.41, 5.74) is -0.687. The van der Waals surface area contributed by atoms with E-state index in [1.54, 1.807) is 0 Å². The Morgan fingerprint density at radius 2 is 2.27 bits per heavy atom. The van der Waals surface area contributed by atoms with Crippen molar-refractivity contribution in [2.75, 3.05) is 0 Å². The Morgan fingerprint density at radius 1 is 1.55 bits per heavy atom. The third kappa shape index (κ3) is 1.64. The van der Waals surface area contributed by atoms with Crippen LogP contribution in [0.5, 0.6) is 0 Å². The van der Waals surface area contributed by atoms with Gasteiger partial charge in [-0.3, -0.25) is 4.79 Å². The van der Waals surface area contributed by atoms with Crippen LogP contribution in [0.25, 0.3) is 0 Å². The highest BCUT2D eigenvalue weighted by Gasteiger charge is 2.06. The SMILES string of the molecule is O=C(OF)c1cccc(=O)[nH]1. The maximum Gasteiger partial charge on any atom is 0.395 e. The Kier molecular flexibility index (Phi) is 2.00. The Balaban J connectivity index is 3.05. The molecule has 58 valence electrons. The molecule has 1 aromatic heterocycles. The van der Waals surface area contributed by atoms with E-state index in [4.69, 9.17) is 0 Å². The first-order valence-corrected chi connectivity index (χ1v) is 2.76. The van der Waals surface area contributed by atoms with Gasteiger partial charge in [0.05, 0.1) is 0 Å². The van der Waals surface area contributed by atoms with E-state index in [-0.39, 0.29) is 5.69 Å². The van der Waals surface area contributed by atoms with Crippen molar-refractivity contribution in [2.45, 2.75) is 0 Å². The van der Waals surface area contributed by atoms with Gasteiger partial charge in [0.2, 0.25) is 5.56 Å². The van der Waals surface area contributed by atoms with Crippen LogP contribution in [-0.4, -0.2) is 11.0 Å². The molecule has 0 spiro atoms. The average molecular weight is 157 g/mol. The highest BCUT2D eigenvalue weighted by Crippen LogP contribution is 1.93. The zero-order valence-corrected chi connectivity index (χ0v) is 5.33. The summed E-state index contributed by atoms with van der Waals surface area (Å²) >= 11 is 0. The summed E-state index contributed by atoms with van der Waals surface area (Å²) in [5, 5.41) is 0. The zero-order valence-electron chi connectivity index (χ0n) is 5.33. The van der Waals surface area contributed by atoms with E-state index in [1.807, 2.05) is 0 Å². The summed E-state index contributed by atoms with van der Waals surface area (Å²) in [5.74, 6) is -1.21. The van der Waals surface area contributed by atoms with Crippen LogP contribution in [0.15, 0.2) is 23.0 Å². The summed E-state index contributed by atoms with van der Waals surface area (Å²) in [4.78, 5) is 25.9. The van der Waals surface area contributed by atoms with Crippen LogP contribution in [0.3, 0.4) is 0 Å². The molecule has 0 atom stereocenters. The lowest BCUT2D eigenvalue weighted by molar-refractivity contribution is -0.0793. The van der Waals surface area contributed by atoms with Crippen LogP contribution < -0.4 is 5.56 Å². The van der Waals surface area contributed by atoms with E-state index >= 15 is 0 Å². The minimum atomic E-state index is -1.21. The van der Waals surface area contributed by atoms with Crippen LogP contribution in [0.4, 0.5) is 4.53 Å². The predicted molar refractivity (Wildman–Crippen MR) is 33.6 cm³/mol. The average Bonchev–Trinajstić information content (AvgIpc) is 2.03. The highest BCUT2D eigenvalue weighted by atomic mass is 19.3. The minimum absolute atomic E-state index is 0.208. The number of hydrogen-bond donors (Lipinski definition) is 1. The van der Waals surface area contributed by atoms with Crippen molar-refractivity contribution in [3.63, 3.8) is 0 Å². The maximum absolute atomic E-state index is 11.2. The number of rotatable bonds is 1. The monoisotopic (exact) mass is 157 g/mol. The smallest absolute Gasteiger partial charge is 0.316 e. The third-order valence-corrected chi connectivity index (χ3v) is 1.06. The van der Waals surface area contributed by atoms with Gasteiger partial charge < -0.3 is 4.98 Å². The van der Waals surface area contributed by atoms with E-state index in [0.717, 1.165) is 0 Å². The topological polar surface area (TPSA) is 59.2 Å². The third-order valence-electron chi connectivity index (χ3n) is 1.06. The number of H-pyrrole nitrogens is 1.